The van der Waals surface area contributed by atoms with Crippen LogP contribution in [0.2, 0.25) is 10.0 Å². The molecule has 1 aromatic heterocycles. The van der Waals surface area contributed by atoms with E-state index in [4.69, 9.17) is 32.4 Å². The Balaban J connectivity index is 1.62. The molecule has 0 aliphatic heterocycles. The van der Waals surface area contributed by atoms with Crippen molar-refractivity contribution in [3.05, 3.63) is 92.8 Å². The van der Waals surface area contributed by atoms with Crippen molar-refractivity contribution in [2.45, 2.75) is 0 Å². The van der Waals surface area contributed by atoms with Gasteiger partial charge in [-0.3, -0.25) is 4.79 Å². The molecular formula is C23H15Cl2NO4. The first-order valence-electron chi connectivity index (χ1n) is 8.94. The molecule has 0 radical (unpaired) electrons. The summed E-state index contributed by atoms with van der Waals surface area (Å²) in [6.07, 6.45) is 0. The van der Waals surface area contributed by atoms with Crippen LogP contribution in [0.1, 0.15) is 10.4 Å². The van der Waals surface area contributed by atoms with Crippen LogP contribution in [0.4, 0.5) is 5.69 Å². The third-order valence-corrected chi connectivity index (χ3v) is 5.18. The molecule has 0 aliphatic rings. The first-order chi connectivity index (χ1) is 14.5. The fraction of sp³-hybridized carbons (Fsp3) is 0.0435. The van der Waals surface area contributed by atoms with Crippen molar-refractivity contribution >= 4 is 45.8 Å². The average molecular weight is 440 g/mol. The SMILES string of the molecule is COc1ccc(C(=O)Nc2ccc(-c3cc4ccccc4oc3=O)c(Cl)c2)cc1Cl. The van der Waals surface area contributed by atoms with Gasteiger partial charge < -0.3 is 14.5 Å². The van der Waals surface area contributed by atoms with Crippen LogP contribution < -0.4 is 15.7 Å². The molecule has 4 rings (SSSR count). The molecule has 3 aromatic carbocycles. The highest BCUT2D eigenvalue weighted by Crippen LogP contribution is 2.31. The molecule has 1 heterocycles. The highest BCUT2D eigenvalue weighted by atomic mass is 35.5. The van der Waals surface area contributed by atoms with Gasteiger partial charge in [0, 0.05) is 22.2 Å². The zero-order valence-corrected chi connectivity index (χ0v) is 17.3. The summed E-state index contributed by atoms with van der Waals surface area (Å²) in [5.41, 5.74) is 1.73. The standard InChI is InChI=1S/C23H15Cl2NO4/c1-29-21-9-6-14(11-19(21)25)22(27)26-15-7-8-16(18(24)12-15)17-10-13-4-2-3-5-20(13)30-23(17)28/h2-12H,1H3,(H,26,27). The van der Waals surface area contributed by atoms with Gasteiger partial charge in [-0.1, -0.05) is 47.5 Å². The molecule has 150 valence electrons. The zero-order valence-electron chi connectivity index (χ0n) is 15.7. The minimum atomic E-state index is -0.486. The number of amides is 1. The number of hydrogen-bond donors (Lipinski definition) is 1. The summed E-state index contributed by atoms with van der Waals surface area (Å²) in [6.45, 7) is 0. The molecule has 0 saturated carbocycles. The second-order valence-corrected chi connectivity index (χ2v) is 7.30. The molecular weight excluding hydrogens is 425 g/mol. The Morgan fingerprint density at radius 1 is 0.933 bits per heavy atom. The van der Waals surface area contributed by atoms with Crippen LogP contribution in [0.5, 0.6) is 5.75 Å². The van der Waals surface area contributed by atoms with Gasteiger partial charge in [0.05, 0.1) is 22.7 Å². The highest BCUT2D eigenvalue weighted by molar-refractivity contribution is 6.34. The van der Waals surface area contributed by atoms with Crippen molar-refractivity contribution in [2.24, 2.45) is 0 Å². The number of nitrogens with one attached hydrogen (secondary N) is 1. The van der Waals surface area contributed by atoms with E-state index in [0.717, 1.165) is 5.39 Å². The lowest BCUT2D eigenvalue weighted by Gasteiger charge is -2.10. The number of halogens is 2. The zero-order chi connectivity index (χ0) is 21.3. The minimum absolute atomic E-state index is 0.308. The van der Waals surface area contributed by atoms with E-state index < -0.39 is 5.63 Å². The van der Waals surface area contributed by atoms with Gasteiger partial charge in [0.1, 0.15) is 11.3 Å². The van der Waals surface area contributed by atoms with Crippen LogP contribution in [0.3, 0.4) is 0 Å². The van der Waals surface area contributed by atoms with E-state index in [0.29, 0.717) is 43.8 Å². The Kier molecular flexibility index (Phi) is 5.48. The summed E-state index contributed by atoms with van der Waals surface area (Å²) in [4.78, 5) is 24.9. The van der Waals surface area contributed by atoms with Crippen LogP contribution in [-0.2, 0) is 0 Å². The largest absolute Gasteiger partial charge is 0.495 e. The van der Waals surface area contributed by atoms with Crippen LogP contribution in [-0.4, -0.2) is 13.0 Å². The quantitative estimate of drug-likeness (QED) is 0.394. The molecule has 5 nitrogen and oxygen atoms in total. The molecule has 0 fully saturated rings. The monoisotopic (exact) mass is 439 g/mol. The average Bonchev–Trinajstić information content (AvgIpc) is 2.73. The number of benzene rings is 3. The third-order valence-electron chi connectivity index (χ3n) is 4.57. The smallest absolute Gasteiger partial charge is 0.344 e. The van der Waals surface area contributed by atoms with Crippen molar-refractivity contribution in [2.75, 3.05) is 12.4 Å². The maximum Gasteiger partial charge on any atom is 0.344 e. The first-order valence-corrected chi connectivity index (χ1v) is 9.69. The summed E-state index contributed by atoms with van der Waals surface area (Å²) < 4.78 is 10.5. The van der Waals surface area contributed by atoms with E-state index in [1.807, 2.05) is 12.1 Å². The summed E-state index contributed by atoms with van der Waals surface area (Å²) in [6, 6.07) is 18.6. The number of ether oxygens (including phenoxy) is 1. The van der Waals surface area contributed by atoms with E-state index in [1.165, 1.54) is 13.2 Å². The lowest BCUT2D eigenvalue weighted by molar-refractivity contribution is 0.102. The number of para-hydroxylation sites is 1. The third kappa shape index (κ3) is 3.90. The van der Waals surface area contributed by atoms with Gasteiger partial charge in [0.15, 0.2) is 0 Å². The molecule has 1 N–H and O–H groups in total. The molecule has 1 amide bonds. The number of carbonyl (C=O) groups is 1. The van der Waals surface area contributed by atoms with E-state index in [1.54, 1.807) is 48.5 Å². The predicted molar refractivity (Wildman–Crippen MR) is 119 cm³/mol. The van der Waals surface area contributed by atoms with Crippen LogP contribution in [0, 0.1) is 0 Å². The molecule has 7 heteroatoms. The van der Waals surface area contributed by atoms with Crippen molar-refractivity contribution in [1.29, 1.82) is 0 Å². The normalized spacial score (nSPS) is 10.8. The predicted octanol–water partition coefficient (Wildman–Crippen LogP) is 6.03. The fourth-order valence-corrected chi connectivity index (χ4v) is 3.61. The second-order valence-electron chi connectivity index (χ2n) is 6.48. The van der Waals surface area contributed by atoms with Gasteiger partial charge in [0.2, 0.25) is 0 Å². The molecule has 30 heavy (non-hydrogen) atoms. The number of hydrogen-bond acceptors (Lipinski definition) is 4. The molecule has 0 bridgehead atoms. The van der Waals surface area contributed by atoms with Crippen molar-refractivity contribution in [3.63, 3.8) is 0 Å². The van der Waals surface area contributed by atoms with E-state index in [9.17, 15) is 9.59 Å². The van der Waals surface area contributed by atoms with Crippen LogP contribution in [0.25, 0.3) is 22.1 Å². The van der Waals surface area contributed by atoms with Gasteiger partial charge in [0.25, 0.3) is 5.91 Å². The fourth-order valence-electron chi connectivity index (χ4n) is 3.07. The van der Waals surface area contributed by atoms with E-state index in [2.05, 4.69) is 5.32 Å². The van der Waals surface area contributed by atoms with Crippen molar-refractivity contribution in [1.82, 2.24) is 0 Å². The Bertz CT molecular complexity index is 1330. The molecule has 0 unspecified atom stereocenters. The topological polar surface area (TPSA) is 68.5 Å². The number of carbonyl (C=O) groups excluding carboxylic acids is 1. The summed E-state index contributed by atoms with van der Waals surface area (Å²) >= 11 is 12.5. The lowest BCUT2D eigenvalue weighted by atomic mass is 10.1. The number of anilines is 1. The Labute approximate surface area is 181 Å². The van der Waals surface area contributed by atoms with Gasteiger partial charge >= 0.3 is 5.63 Å². The van der Waals surface area contributed by atoms with Crippen LogP contribution in [0.15, 0.2) is 75.9 Å². The number of methoxy groups -OCH3 is 1. The number of fused-ring (bicyclic) bond motifs is 1. The Morgan fingerprint density at radius 2 is 1.73 bits per heavy atom. The van der Waals surface area contributed by atoms with E-state index >= 15 is 0 Å². The number of rotatable bonds is 4. The summed E-state index contributed by atoms with van der Waals surface area (Å²) in [5, 5.41) is 4.19. The molecule has 0 saturated heterocycles. The minimum Gasteiger partial charge on any atom is -0.495 e. The molecule has 0 atom stereocenters. The molecule has 0 spiro atoms. The summed E-state index contributed by atoms with van der Waals surface area (Å²) in [7, 11) is 1.50. The van der Waals surface area contributed by atoms with Gasteiger partial charge in [-0.2, -0.15) is 0 Å². The highest BCUT2D eigenvalue weighted by Gasteiger charge is 2.14. The van der Waals surface area contributed by atoms with Gasteiger partial charge in [-0.15, -0.1) is 0 Å². The summed E-state index contributed by atoms with van der Waals surface area (Å²) in [5.74, 6) is 0.128. The lowest BCUT2D eigenvalue weighted by Crippen LogP contribution is -2.12. The van der Waals surface area contributed by atoms with Gasteiger partial charge in [-0.25, -0.2) is 4.79 Å². The Morgan fingerprint density at radius 3 is 2.47 bits per heavy atom. The Hall–Kier alpha value is -3.28. The maximum absolute atomic E-state index is 12.5. The van der Waals surface area contributed by atoms with E-state index in [-0.39, 0.29) is 5.91 Å². The van der Waals surface area contributed by atoms with Crippen molar-refractivity contribution < 1.29 is 13.9 Å². The van der Waals surface area contributed by atoms with Crippen LogP contribution >= 0.6 is 23.2 Å². The van der Waals surface area contributed by atoms with Crippen molar-refractivity contribution in [3.8, 4) is 16.9 Å². The molecule has 4 aromatic rings. The second kappa shape index (κ2) is 8.22. The molecule has 0 aliphatic carbocycles. The van der Waals surface area contributed by atoms with Gasteiger partial charge in [-0.05, 0) is 42.5 Å². The first kappa shape index (κ1) is 20.0. The maximum atomic E-state index is 12.5.